The molecule has 0 bridgehead atoms. The van der Waals surface area contributed by atoms with Gasteiger partial charge in [0, 0.05) is 34.9 Å². The number of ether oxygens (including phenoxy) is 2. The summed E-state index contributed by atoms with van der Waals surface area (Å²) >= 11 is 0. The van der Waals surface area contributed by atoms with Gasteiger partial charge in [0.1, 0.15) is 11.9 Å². The first-order valence-electron chi connectivity index (χ1n) is 10.3. The summed E-state index contributed by atoms with van der Waals surface area (Å²) in [7, 11) is -0.822. The molecule has 0 radical (unpaired) electrons. The van der Waals surface area contributed by atoms with E-state index in [4.69, 9.17) is 9.47 Å². The third kappa shape index (κ3) is 7.14. The van der Waals surface area contributed by atoms with Gasteiger partial charge in [-0.15, -0.1) is 0 Å². The Morgan fingerprint density at radius 3 is 2.77 bits per heavy atom. The van der Waals surface area contributed by atoms with Crippen LogP contribution in [-0.4, -0.2) is 51.6 Å². The molecule has 4 rings (SSSR count). The fraction of sp³-hybridized carbons (Fsp3) is 0.524. The number of alkyl carbamates (subject to hydrolysis) is 1. The molecule has 166 valence electrons. The second-order valence-electron chi connectivity index (χ2n) is 6.87. The molecular weight excluding hydrogens is 404 g/mol. The topological polar surface area (TPSA) is 105 Å². The minimum atomic E-state index is -0.822. The van der Waals surface area contributed by atoms with Crippen molar-refractivity contribution in [1.82, 2.24) is 15.5 Å². The lowest BCUT2D eigenvalue weighted by Gasteiger charge is -2.12. The molecular formula is C21H32N4O4S. The minimum Gasteiger partial charge on any atom is -0.444 e. The van der Waals surface area contributed by atoms with Crippen molar-refractivity contribution in [2.45, 2.75) is 57.6 Å². The third-order valence-electron chi connectivity index (χ3n) is 4.25. The number of H-pyrrole nitrogens is 1. The first kappa shape index (κ1) is 23.9. The fourth-order valence-corrected chi connectivity index (χ4v) is 4.28. The Kier molecular flexibility index (Phi) is 9.82. The quantitative estimate of drug-likeness (QED) is 0.674. The summed E-state index contributed by atoms with van der Waals surface area (Å²) in [6, 6.07) is 7.87. The van der Waals surface area contributed by atoms with Gasteiger partial charge >= 0.3 is 6.09 Å². The van der Waals surface area contributed by atoms with Crippen molar-refractivity contribution in [3.8, 4) is 0 Å². The summed E-state index contributed by atoms with van der Waals surface area (Å²) in [4.78, 5) is 12.0. The molecule has 1 aromatic carbocycles. The van der Waals surface area contributed by atoms with Crippen LogP contribution in [0.1, 0.15) is 39.7 Å². The van der Waals surface area contributed by atoms with Gasteiger partial charge in [-0.05, 0) is 38.0 Å². The molecule has 0 spiro atoms. The lowest BCUT2D eigenvalue weighted by atomic mass is 10.1. The van der Waals surface area contributed by atoms with E-state index in [9.17, 15) is 9.00 Å². The predicted octanol–water partition coefficient (Wildman–Crippen LogP) is 3.75. The van der Waals surface area contributed by atoms with Gasteiger partial charge in [0.15, 0.2) is 0 Å². The maximum absolute atomic E-state index is 11.7. The van der Waals surface area contributed by atoms with Crippen LogP contribution in [0.5, 0.6) is 0 Å². The number of aromatic nitrogens is 2. The number of aromatic amines is 1. The number of nitrogens with one attached hydrogen (secondary N) is 3. The van der Waals surface area contributed by atoms with Gasteiger partial charge in [-0.25, -0.2) is 4.79 Å². The van der Waals surface area contributed by atoms with E-state index in [0.29, 0.717) is 13.2 Å². The Hall–Kier alpha value is -2.39. The molecule has 8 nitrogen and oxygen atoms in total. The largest absolute Gasteiger partial charge is 0.444 e. The van der Waals surface area contributed by atoms with Gasteiger partial charge in [-0.1, -0.05) is 19.9 Å². The average molecular weight is 437 g/mol. The van der Waals surface area contributed by atoms with Gasteiger partial charge in [-0.2, -0.15) is 5.10 Å². The van der Waals surface area contributed by atoms with Crippen LogP contribution in [0.15, 0.2) is 35.4 Å². The van der Waals surface area contributed by atoms with E-state index in [0.717, 1.165) is 40.6 Å². The Bertz CT molecular complexity index is 805. The molecule has 9 heteroatoms. The zero-order chi connectivity index (χ0) is 21.9. The number of fused-ring (bicyclic) bond motifs is 1. The molecule has 2 unspecified atom stereocenters. The normalized spacial score (nSPS) is 19.1. The molecule has 1 saturated heterocycles. The van der Waals surface area contributed by atoms with Gasteiger partial charge < -0.3 is 20.1 Å². The van der Waals surface area contributed by atoms with Gasteiger partial charge in [0.25, 0.3) is 0 Å². The highest BCUT2D eigenvalue weighted by Crippen LogP contribution is 2.30. The Morgan fingerprint density at radius 2 is 2.13 bits per heavy atom. The lowest BCUT2D eigenvalue weighted by molar-refractivity contribution is 0.0817. The van der Waals surface area contributed by atoms with E-state index < -0.39 is 10.8 Å². The zero-order valence-corrected chi connectivity index (χ0v) is 18.9. The standard InChI is InChI=1S/C11H11N3OS.C8H15NO3.C2H6/c15-16-7-5-8-9(2-1-3-10(8)16)13-11-4-6-12-14-11;1-6(2)9-8(10)12-7-3-4-11-5-7;1-2/h1-4,6H,5,7H2,(H2,12,13,14);6-7H,3-5H2,1-2H3,(H,9,10);1-2H3. The molecule has 1 amide bonds. The van der Waals surface area contributed by atoms with E-state index in [2.05, 4.69) is 20.8 Å². The smallest absolute Gasteiger partial charge is 0.407 e. The van der Waals surface area contributed by atoms with Crippen molar-refractivity contribution in [3.05, 3.63) is 36.0 Å². The highest BCUT2D eigenvalue weighted by molar-refractivity contribution is 7.85. The van der Waals surface area contributed by atoms with E-state index in [1.54, 1.807) is 6.20 Å². The van der Waals surface area contributed by atoms with Crippen molar-refractivity contribution in [2.24, 2.45) is 0 Å². The van der Waals surface area contributed by atoms with E-state index in [-0.39, 0.29) is 18.2 Å². The van der Waals surface area contributed by atoms with Crippen LogP contribution < -0.4 is 10.6 Å². The van der Waals surface area contributed by atoms with Crippen LogP contribution in [0, 0.1) is 0 Å². The number of amides is 1. The number of carbonyl (C=O) groups excluding carboxylic acids is 1. The first-order valence-corrected chi connectivity index (χ1v) is 11.7. The zero-order valence-electron chi connectivity index (χ0n) is 18.1. The summed E-state index contributed by atoms with van der Waals surface area (Å²) in [5.41, 5.74) is 2.18. The second-order valence-corrected chi connectivity index (χ2v) is 8.41. The van der Waals surface area contributed by atoms with Crippen molar-refractivity contribution in [1.29, 1.82) is 0 Å². The maximum Gasteiger partial charge on any atom is 0.407 e. The van der Waals surface area contributed by atoms with Crippen molar-refractivity contribution < 1.29 is 18.5 Å². The predicted molar refractivity (Wildman–Crippen MR) is 119 cm³/mol. The van der Waals surface area contributed by atoms with E-state index in [1.807, 2.05) is 52.0 Å². The van der Waals surface area contributed by atoms with Crippen LogP contribution in [0.25, 0.3) is 0 Å². The van der Waals surface area contributed by atoms with Crippen LogP contribution in [-0.2, 0) is 26.7 Å². The van der Waals surface area contributed by atoms with Crippen LogP contribution >= 0.6 is 0 Å². The van der Waals surface area contributed by atoms with E-state index >= 15 is 0 Å². The molecule has 0 aliphatic carbocycles. The summed E-state index contributed by atoms with van der Waals surface area (Å²) in [6.45, 7) is 9.02. The summed E-state index contributed by atoms with van der Waals surface area (Å²) < 4.78 is 21.8. The summed E-state index contributed by atoms with van der Waals surface area (Å²) in [6.07, 6.45) is 2.98. The Labute approximate surface area is 180 Å². The number of hydrogen-bond acceptors (Lipinski definition) is 6. The van der Waals surface area contributed by atoms with Crippen molar-refractivity contribution in [3.63, 3.8) is 0 Å². The molecule has 2 aromatic rings. The molecule has 0 saturated carbocycles. The number of carbonyl (C=O) groups is 1. The highest BCUT2D eigenvalue weighted by Gasteiger charge is 2.21. The second kappa shape index (κ2) is 12.3. The maximum atomic E-state index is 11.7. The summed E-state index contributed by atoms with van der Waals surface area (Å²) in [5.74, 6) is 1.59. The van der Waals surface area contributed by atoms with Crippen molar-refractivity contribution >= 4 is 28.4 Å². The van der Waals surface area contributed by atoms with Crippen LogP contribution in [0.2, 0.25) is 0 Å². The molecule has 2 aliphatic rings. The molecule has 3 N–H and O–H groups in total. The average Bonchev–Trinajstić information content (AvgIpc) is 3.48. The Morgan fingerprint density at radius 1 is 1.33 bits per heavy atom. The van der Waals surface area contributed by atoms with Gasteiger partial charge in [-0.3, -0.25) is 9.31 Å². The number of hydrogen-bond donors (Lipinski definition) is 3. The molecule has 2 atom stereocenters. The molecule has 1 aromatic heterocycles. The van der Waals surface area contributed by atoms with Gasteiger partial charge in [0.05, 0.1) is 30.2 Å². The molecule has 2 aliphatic heterocycles. The molecule has 3 heterocycles. The van der Waals surface area contributed by atoms with Crippen molar-refractivity contribution in [2.75, 3.05) is 24.3 Å². The molecule has 1 fully saturated rings. The highest BCUT2D eigenvalue weighted by atomic mass is 32.2. The number of nitrogens with zero attached hydrogens (tertiary/aromatic N) is 1. The number of benzene rings is 1. The fourth-order valence-electron chi connectivity index (χ4n) is 2.96. The minimum absolute atomic E-state index is 0.0521. The Balaban J connectivity index is 0.000000205. The van der Waals surface area contributed by atoms with E-state index in [1.165, 1.54) is 0 Å². The number of anilines is 2. The summed E-state index contributed by atoms with van der Waals surface area (Å²) in [5, 5.41) is 12.6. The SMILES string of the molecule is CC.CC(C)NC(=O)OC1CCOC1.O=S1CCc2c(Nc3ccn[nH]3)cccc21. The van der Waals surface area contributed by atoms with Crippen LogP contribution in [0.3, 0.4) is 0 Å². The molecule has 30 heavy (non-hydrogen) atoms. The van der Waals surface area contributed by atoms with Gasteiger partial charge in [0.2, 0.25) is 0 Å². The van der Waals surface area contributed by atoms with Crippen LogP contribution in [0.4, 0.5) is 16.3 Å². The first-order chi connectivity index (χ1) is 14.5. The monoisotopic (exact) mass is 436 g/mol. The lowest BCUT2D eigenvalue weighted by Crippen LogP contribution is -2.33. The number of rotatable bonds is 4. The third-order valence-corrected chi connectivity index (χ3v) is 5.70.